The number of carbonyl (C=O) groups excluding carboxylic acids is 3. The van der Waals surface area contributed by atoms with Gasteiger partial charge in [-0.05, 0) is 19.1 Å². The number of hydrogen-bond donors (Lipinski definition) is 1. The molecule has 0 spiro atoms. The minimum atomic E-state index is -0.891. The van der Waals surface area contributed by atoms with E-state index in [2.05, 4.69) is 0 Å². The Balaban J connectivity index is 2.97. The number of rotatable bonds is 3. The molecule has 5 heteroatoms. The lowest BCUT2D eigenvalue weighted by molar-refractivity contribution is -0.125. The Hall–Kier alpha value is -2.17. The molecule has 1 aromatic carbocycles. The smallest absolute Gasteiger partial charge is 0.326 e. The number of nitrogens with zero attached hydrogens (tertiary/aromatic N) is 1. The first-order valence-corrected chi connectivity index (χ1v) is 4.69. The molecule has 0 heterocycles. The number of carbonyl (C=O) groups is 3. The van der Waals surface area contributed by atoms with Gasteiger partial charge in [-0.15, -0.1) is 0 Å². The van der Waals surface area contributed by atoms with Gasteiger partial charge in [-0.3, -0.25) is 9.59 Å². The number of Topliss-reactive ketones (excluding diaryl/α,β-unsaturated/α-hetero) is 1. The normalized spacial score (nSPS) is 9.56. The van der Waals surface area contributed by atoms with Crippen LogP contribution in [0.3, 0.4) is 0 Å². The van der Waals surface area contributed by atoms with Gasteiger partial charge in [0.15, 0.2) is 0 Å². The predicted octanol–water partition coefficient (Wildman–Crippen LogP) is 1.08. The second-order valence-corrected chi connectivity index (χ2v) is 3.28. The van der Waals surface area contributed by atoms with Crippen LogP contribution in [0.4, 0.5) is 10.5 Å². The molecule has 0 fully saturated rings. The van der Waals surface area contributed by atoms with Crippen molar-refractivity contribution >= 4 is 23.4 Å². The molecule has 5 nitrogen and oxygen atoms in total. The number of primary amides is 1. The van der Waals surface area contributed by atoms with E-state index in [9.17, 15) is 14.4 Å². The third-order valence-electron chi connectivity index (χ3n) is 1.88. The summed E-state index contributed by atoms with van der Waals surface area (Å²) in [5.74, 6) is -0.932. The van der Waals surface area contributed by atoms with E-state index in [4.69, 9.17) is 5.73 Å². The number of ketones is 1. The third-order valence-corrected chi connectivity index (χ3v) is 1.88. The second-order valence-electron chi connectivity index (χ2n) is 3.28. The van der Waals surface area contributed by atoms with Crippen molar-refractivity contribution in [2.75, 3.05) is 4.90 Å². The average molecular weight is 220 g/mol. The van der Waals surface area contributed by atoms with E-state index in [0.717, 1.165) is 4.90 Å². The molecule has 1 rings (SSSR count). The Morgan fingerprint density at radius 2 is 1.75 bits per heavy atom. The van der Waals surface area contributed by atoms with Gasteiger partial charge in [0, 0.05) is 0 Å². The summed E-state index contributed by atoms with van der Waals surface area (Å²) in [4.78, 5) is 34.3. The molecule has 2 N–H and O–H groups in total. The van der Waals surface area contributed by atoms with Crippen LogP contribution < -0.4 is 10.6 Å². The van der Waals surface area contributed by atoms with Crippen LogP contribution in [-0.2, 0) is 9.59 Å². The Kier molecular flexibility index (Phi) is 3.77. The lowest BCUT2D eigenvalue weighted by Gasteiger charge is -2.17. The standard InChI is InChI=1S/C11H12N2O3/c1-8(14)7-10(15)13(11(12)16)9-5-3-2-4-6-9/h2-6H,7H2,1H3,(H2,12,16). The number of hydrogen-bond acceptors (Lipinski definition) is 3. The van der Waals surface area contributed by atoms with Crippen molar-refractivity contribution < 1.29 is 14.4 Å². The fourth-order valence-electron chi connectivity index (χ4n) is 1.26. The highest BCUT2D eigenvalue weighted by Gasteiger charge is 2.21. The number of imide groups is 1. The van der Waals surface area contributed by atoms with Crippen LogP contribution in [0.25, 0.3) is 0 Å². The number of amides is 3. The largest absolute Gasteiger partial charge is 0.351 e. The van der Waals surface area contributed by atoms with Crippen LogP contribution in [0.15, 0.2) is 30.3 Å². The van der Waals surface area contributed by atoms with Crippen LogP contribution in [0.1, 0.15) is 13.3 Å². The minimum absolute atomic E-state index is 0.313. The number of para-hydroxylation sites is 1. The van der Waals surface area contributed by atoms with Crippen molar-refractivity contribution in [1.29, 1.82) is 0 Å². The van der Waals surface area contributed by atoms with Gasteiger partial charge < -0.3 is 5.73 Å². The summed E-state index contributed by atoms with van der Waals surface area (Å²) < 4.78 is 0. The van der Waals surface area contributed by atoms with Crippen LogP contribution in [0, 0.1) is 0 Å². The summed E-state index contributed by atoms with van der Waals surface area (Å²) in [5, 5.41) is 0. The summed E-state index contributed by atoms with van der Waals surface area (Å²) >= 11 is 0. The molecule has 16 heavy (non-hydrogen) atoms. The Bertz CT molecular complexity index is 414. The topological polar surface area (TPSA) is 80.5 Å². The first-order chi connectivity index (χ1) is 7.52. The molecule has 0 saturated heterocycles. The fraction of sp³-hybridized carbons (Fsp3) is 0.182. The summed E-state index contributed by atoms with van der Waals surface area (Å²) in [6, 6.07) is 7.35. The van der Waals surface area contributed by atoms with Gasteiger partial charge in [-0.1, -0.05) is 18.2 Å². The zero-order chi connectivity index (χ0) is 12.1. The fourth-order valence-corrected chi connectivity index (χ4v) is 1.26. The van der Waals surface area contributed by atoms with Gasteiger partial charge in [0.25, 0.3) is 0 Å². The van der Waals surface area contributed by atoms with E-state index >= 15 is 0 Å². The Morgan fingerprint density at radius 3 is 2.19 bits per heavy atom. The Morgan fingerprint density at radius 1 is 1.19 bits per heavy atom. The van der Waals surface area contributed by atoms with Gasteiger partial charge >= 0.3 is 6.03 Å². The molecule has 0 atom stereocenters. The minimum Gasteiger partial charge on any atom is -0.351 e. The lowest BCUT2D eigenvalue weighted by atomic mass is 10.2. The van der Waals surface area contributed by atoms with E-state index in [1.54, 1.807) is 30.3 Å². The van der Waals surface area contributed by atoms with E-state index in [0.29, 0.717) is 5.69 Å². The van der Waals surface area contributed by atoms with E-state index in [-0.39, 0.29) is 12.2 Å². The Labute approximate surface area is 92.8 Å². The molecule has 84 valence electrons. The van der Waals surface area contributed by atoms with E-state index in [1.807, 2.05) is 0 Å². The quantitative estimate of drug-likeness (QED) is 0.774. The lowest BCUT2D eigenvalue weighted by Crippen LogP contribution is -2.41. The molecule has 0 aliphatic rings. The maximum atomic E-state index is 11.6. The van der Waals surface area contributed by atoms with Crippen LogP contribution >= 0.6 is 0 Å². The van der Waals surface area contributed by atoms with Crippen molar-refractivity contribution in [2.45, 2.75) is 13.3 Å². The molecule has 0 aromatic heterocycles. The van der Waals surface area contributed by atoms with E-state index in [1.165, 1.54) is 6.92 Å². The highest BCUT2D eigenvalue weighted by atomic mass is 16.2. The number of benzene rings is 1. The van der Waals surface area contributed by atoms with Crippen LogP contribution in [0.2, 0.25) is 0 Å². The first kappa shape index (κ1) is 11.9. The highest BCUT2D eigenvalue weighted by molar-refractivity contribution is 6.17. The maximum Gasteiger partial charge on any atom is 0.326 e. The number of nitrogens with two attached hydrogens (primary N) is 1. The van der Waals surface area contributed by atoms with Crippen molar-refractivity contribution in [3.63, 3.8) is 0 Å². The predicted molar refractivity (Wildman–Crippen MR) is 58.8 cm³/mol. The van der Waals surface area contributed by atoms with Gasteiger partial charge in [0.2, 0.25) is 5.91 Å². The van der Waals surface area contributed by atoms with Crippen molar-refractivity contribution in [2.24, 2.45) is 5.73 Å². The highest BCUT2D eigenvalue weighted by Crippen LogP contribution is 2.14. The monoisotopic (exact) mass is 220 g/mol. The van der Waals surface area contributed by atoms with Gasteiger partial charge in [0.05, 0.1) is 12.1 Å². The SMILES string of the molecule is CC(=O)CC(=O)N(C(N)=O)c1ccccc1. The molecule has 0 aliphatic heterocycles. The zero-order valence-corrected chi connectivity index (χ0v) is 8.84. The summed E-state index contributed by atoms with van der Waals surface area (Å²) in [5.41, 5.74) is 5.46. The molecule has 0 radical (unpaired) electrons. The molecule has 0 bridgehead atoms. The summed E-state index contributed by atoms with van der Waals surface area (Å²) in [6.07, 6.45) is -0.335. The summed E-state index contributed by atoms with van der Waals surface area (Å²) in [6.45, 7) is 1.28. The van der Waals surface area contributed by atoms with E-state index < -0.39 is 11.9 Å². The molecular formula is C11H12N2O3. The van der Waals surface area contributed by atoms with Crippen molar-refractivity contribution in [3.05, 3.63) is 30.3 Å². The third kappa shape index (κ3) is 2.91. The maximum absolute atomic E-state index is 11.6. The average Bonchev–Trinajstić information content (AvgIpc) is 2.17. The van der Waals surface area contributed by atoms with Crippen molar-refractivity contribution in [1.82, 2.24) is 0 Å². The number of urea groups is 1. The number of anilines is 1. The zero-order valence-electron chi connectivity index (χ0n) is 8.84. The molecule has 0 unspecified atom stereocenters. The van der Waals surface area contributed by atoms with Gasteiger partial charge in [0.1, 0.15) is 5.78 Å². The first-order valence-electron chi connectivity index (χ1n) is 4.69. The molecular weight excluding hydrogens is 208 g/mol. The van der Waals surface area contributed by atoms with Crippen LogP contribution in [0.5, 0.6) is 0 Å². The van der Waals surface area contributed by atoms with Crippen LogP contribution in [-0.4, -0.2) is 17.7 Å². The van der Waals surface area contributed by atoms with Gasteiger partial charge in [-0.25, -0.2) is 9.69 Å². The molecule has 3 amide bonds. The van der Waals surface area contributed by atoms with Gasteiger partial charge in [-0.2, -0.15) is 0 Å². The molecule has 1 aromatic rings. The second kappa shape index (κ2) is 5.06. The molecule has 0 saturated carbocycles. The summed E-state index contributed by atoms with van der Waals surface area (Å²) in [7, 11) is 0. The molecule has 0 aliphatic carbocycles. The van der Waals surface area contributed by atoms with Crippen molar-refractivity contribution in [3.8, 4) is 0 Å².